The van der Waals surface area contributed by atoms with E-state index in [1.807, 2.05) is 24.6 Å². The van der Waals surface area contributed by atoms with Crippen LogP contribution in [-0.2, 0) is 28.2 Å². The molecule has 0 unspecified atom stereocenters. The van der Waals surface area contributed by atoms with Crippen LogP contribution < -0.4 is 0 Å². The Kier molecular flexibility index (Phi) is 10.0. The third-order valence-corrected chi connectivity index (χ3v) is 6.94. The Morgan fingerprint density at radius 1 is 0.976 bits per heavy atom. The summed E-state index contributed by atoms with van der Waals surface area (Å²) in [6.07, 6.45) is -2.60. The zero-order chi connectivity index (χ0) is 31.3. The highest BCUT2D eigenvalue weighted by molar-refractivity contribution is 5.73. The summed E-state index contributed by atoms with van der Waals surface area (Å²) in [5.41, 5.74) is 3.10. The van der Waals surface area contributed by atoms with Crippen LogP contribution in [0.2, 0.25) is 0 Å². The van der Waals surface area contributed by atoms with E-state index in [2.05, 4.69) is 21.4 Å². The normalized spacial score (nSPS) is 17.0. The summed E-state index contributed by atoms with van der Waals surface area (Å²) in [6.45, 7) is 4.85. The van der Waals surface area contributed by atoms with E-state index >= 15 is 0 Å². The fourth-order valence-corrected chi connectivity index (χ4v) is 4.81. The smallest absolute Gasteiger partial charge is 0.475 e. The molecular weight excluding hydrogens is 581 g/mol. The second-order valence-electron chi connectivity index (χ2n) is 9.60. The molecule has 2 aliphatic rings. The number of hydrogen-bond acceptors (Lipinski definition) is 6. The monoisotopic (exact) mass is 608 g/mol. The molecule has 4 heterocycles. The number of piperidine rings is 1. The maximum absolute atomic E-state index is 13.7. The number of fused-ring (bicyclic) bond motifs is 2. The molecule has 0 radical (unpaired) electrons. The summed E-state index contributed by atoms with van der Waals surface area (Å²) in [5, 5.41) is 14.2. The molecule has 1 saturated heterocycles. The highest BCUT2D eigenvalue weighted by atomic mass is 19.4. The summed E-state index contributed by atoms with van der Waals surface area (Å²) in [7, 11) is 2.21. The molecule has 9 nitrogen and oxygen atoms in total. The van der Waals surface area contributed by atoms with Crippen LogP contribution in [0.1, 0.15) is 24.2 Å². The van der Waals surface area contributed by atoms with Crippen LogP contribution in [-0.4, -0.2) is 80.5 Å². The molecule has 1 aromatic carbocycles. The Morgan fingerprint density at radius 2 is 1.57 bits per heavy atom. The van der Waals surface area contributed by atoms with Crippen LogP contribution >= 0.6 is 0 Å². The van der Waals surface area contributed by atoms with Crippen LogP contribution in [0.15, 0.2) is 53.5 Å². The lowest BCUT2D eigenvalue weighted by atomic mass is 9.83. The average Bonchev–Trinajstić information content (AvgIpc) is 3.58. The lowest BCUT2D eigenvalue weighted by Crippen LogP contribution is -2.56. The van der Waals surface area contributed by atoms with Crippen molar-refractivity contribution < 1.29 is 55.0 Å². The fourth-order valence-electron chi connectivity index (χ4n) is 4.81. The molecule has 0 bridgehead atoms. The quantitative estimate of drug-likeness (QED) is 0.401. The number of hydrogen-bond donors (Lipinski definition) is 2. The van der Waals surface area contributed by atoms with Crippen molar-refractivity contribution in [2.75, 3.05) is 26.7 Å². The number of nitrogens with zero attached hydrogens (tertiary/aromatic N) is 4. The Morgan fingerprint density at radius 3 is 2.07 bits per heavy atom. The molecular formula is C26H27F7N4O5. The molecule has 0 atom stereocenters. The van der Waals surface area contributed by atoms with Crippen molar-refractivity contribution in [2.45, 2.75) is 43.8 Å². The van der Waals surface area contributed by atoms with E-state index < -0.39 is 24.3 Å². The highest BCUT2D eigenvalue weighted by Crippen LogP contribution is 2.41. The van der Waals surface area contributed by atoms with E-state index in [0.717, 1.165) is 62.6 Å². The Labute approximate surface area is 234 Å². The number of likely N-dealkylation sites (tertiary alicyclic amines) is 1. The largest absolute Gasteiger partial charge is 0.490 e. The van der Waals surface area contributed by atoms with Crippen LogP contribution in [0.4, 0.5) is 30.7 Å². The van der Waals surface area contributed by atoms with Crippen molar-refractivity contribution in [3.8, 4) is 11.3 Å². The van der Waals surface area contributed by atoms with E-state index in [4.69, 9.17) is 29.2 Å². The van der Waals surface area contributed by atoms with Gasteiger partial charge in [0.2, 0.25) is 0 Å². The summed E-state index contributed by atoms with van der Waals surface area (Å²) >= 11 is 0. The number of rotatable bonds is 3. The first-order valence-corrected chi connectivity index (χ1v) is 12.4. The molecule has 0 aliphatic carbocycles. The molecule has 3 aromatic rings. The molecule has 16 heteroatoms. The maximum atomic E-state index is 13.7. The summed E-state index contributed by atoms with van der Waals surface area (Å²) in [5.74, 6) is -4.59. The molecule has 42 heavy (non-hydrogen) atoms. The highest BCUT2D eigenvalue weighted by Gasteiger charge is 2.45. The van der Waals surface area contributed by atoms with E-state index in [-0.39, 0.29) is 11.4 Å². The SMILES string of the molecule is CN1CCn2c(-c3cccc(F)c3)cnc2C12CCN(Cc1ccoc1)CC2.O=C(O)C(F)(F)F.O=C(O)C(F)(F)F. The number of furan rings is 1. The van der Waals surface area contributed by atoms with Crippen molar-refractivity contribution in [1.82, 2.24) is 19.4 Å². The van der Waals surface area contributed by atoms with Crippen molar-refractivity contribution in [3.05, 3.63) is 66.3 Å². The molecule has 230 valence electrons. The maximum Gasteiger partial charge on any atom is 0.490 e. The second-order valence-corrected chi connectivity index (χ2v) is 9.60. The Hall–Kier alpha value is -3.92. The molecule has 0 amide bonds. The van der Waals surface area contributed by atoms with Gasteiger partial charge in [0.05, 0.1) is 30.0 Å². The zero-order valence-electron chi connectivity index (χ0n) is 22.1. The summed E-state index contributed by atoms with van der Waals surface area (Å²) in [6, 6.07) is 8.86. The number of likely N-dealkylation sites (N-methyl/N-ethyl adjacent to an activating group) is 1. The number of imidazole rings is 1. The van der Waals surface area contributed by atoms with Gasteiger partial charge in [-0.15, -0.1) is 0 Å². The topological polar surface area (TPSA) is 112 Å². The second kappa shape index (κ2) is 12.9. The Balaban J connectivity index is 0.000000289. The van der Waals surface area contributed by atoms with Gasteiger partial charge in [-0.05, 0) is 38.1 Å². The minimum atomic E-state index is -5.08. The molecule has 1 fully saturated rings. The van der Waals surface area contributed by atoms with E-state index in [0.29, 0.717) is 0 Å². The number of carbonyl (C=O) groups is 2. The van der Waals surface area contributed by atoms with Gasteiger partial charge in [-0.25, -0.2) is 19.0 Å². The third-order valence-electron chi connectivity index (χ3n) is 6.94. The van der Waals surface area contributed by atoms with Gasteiger partial charge in [0.15, 0.2) is 0 Å². The standard InChI is InChI=1S/C22H25FN4O.2C2HF3O2/c1-25-10-11-27-20(18-3-2-4-19(23)13-18)14-24-21(27)22(25)6-8-26(9-7-22)15-17-5-12-28-16-17;2*3-2(4,5)1(6)7/h2-5,12-14,16H,6-11,15H2,1H3;2*(H,6,7). The molecule has 2 aromatic heterocycles. The van der Waals surface area contributed by atoms with Crippen LogP contribution in [0.5, 0.6) is 0 Å². The first kappa shape index (κ1) is 32.6. The van der Waals surface area contributed by atoms with Crippen molar-refractivity contribution >= 4 is 11.9 Å². The number of carboxylic acid groups (broad SMARTS) is 2. The third kappa shape index (κ3) is 7.88. The molecule has 5 rings (SSSR count). The van der Waals surface area contributed by atoms with Gasteiger partial charge in [0.25, 0.3) is 0 Å². The number of halogens is 7. The van der Waals surface area contributed by atoms with Gasteiger partial charge in [-0.3, -0.25) is 9.80 Å². The predicted molar refractivity (Wildman–Crippen MR) is 133 cm³/mol. The number of alkyl halides is 6. The van der Waals surface area contributed by atoms with Gasteiger partial charge in [0, 0.05) is 43.9 Å². The minimum Gasteiger partial charge on any atom is -0.475 e. The number of aromatic nitrogens is 2. The number of aliphatic carboxylic acids is 2. The molecule has 0 saturated carbocycles. The van der Waals surface area contributed by atoms with Gasteiger partial charge < -0.3 is 19.2 Å². The molecule has 2 N–H and O–H groups in total. The van der Waals surface area contributed by atoms with Crippen LogP contribution in [0, 0.1) is 5.82 Å². The van der Waals surface area contributed by atoms with E-state index in [9.17, 15) is 30.7 Å². The van der Waals surface area contributed by atoms with Gasteiger partial charge in [-0.1, -0.05) is 12.1 Å². The first-order valence-electron chi connectivity index (χ1n) is 12.4. The average molecular weight is 609 g/mol. The van der Waals surface area contributed by atoms with E-state index in [1.165, 1.54) is 11.6 Å². The number of carboxylic acids is 2. The minimum absolute atomic E-state index is 0.0449. The van der Waals surface area contributed by atoms with Crippen molar-refractivity contribution in [1.29, 1.82) is 0 Å². The summed E-state index contributed by atoms with van der Waals surface area (Å²) < 4.78 is 84.7. The summed E-state index contributed by atoms with van der Waals surface area (Å²) in [4.78, 5) is 27.6. The van der Waals surface area contributed by atoms with Crippen LogP contribution in [0.3, 0.4) is 0 Å². The molecule has 1 spiro atoms. The van der Waals surface area contributed by atoms with Crippen molar-refractivity contribution in [3.63, 3.8) is 0 Å². The predicted octanol–water partition coefficient (Wildman–Crippen LogP) is 4.99. The zero-order valence-corrected chi connectivity index (χ0v) is 22.1. The van der Waals surface area contributed by atoms with Crippen LogP contribution in [0.25, 0.3) is 11.3 Å². The lowest BCUT2D eigenvalue weighted by Gasteiger charge is -2.49. The molecule has 2 aliphatic heterocycles. The fraction of sp³-hybridized carbons (Fsp3) is 0.423. The van der Waals surface area contributed by atoms with Crippen molar-refractivity contribution in [2.24, 2.45) is 0 Å². The van der Waals surface area contributed by atoms with E-state index in [1.54, 1.807) is 18.4 Å². The van der Waals surface area contributed by atoms with Gasteiger partial charge in [-0.2, -0.15) is 26.3 Å². The van der Waals surface area contributed by atoms with Gasteiger partial charge in [0.1, 0.15) is 11.6 Å². The number of benzene rings is 1. The first-order chi connectivity index (χ1) is 19.5. The van der Waals surface area contributed by atoms with Gasteiger partial charge >= 0.3 is 24.3 Å². The Bertz CT molecular complexity index is 1320. The lowest BCUT2D eigenvalue weighted by molar-refractivity contribution is -0.193.